The van der Waals surface area contributed by atoms with Crippen LogP contribution in [0.5, 0.6) is 0 Å². The first-order valence-corrected chi connectivity index (χ1v) is 8.31. The molecule has 0 aromatic carbocycles. The lowest BCUT2D eigenvalue weighted by atomic mass is 10.1. The zero-order valence-electron chi connectivity index (χ0n) is 13.1. The number of carbonyl (C=O) groups excluding carboxylic acids is 2. The van der Waals surface area contributed by atoms with Crippen LogP contribution in [0.4, 0.5) is 0 Å². The smallest absolute Gasteiger partial charge is 0.226 e. The van der Waals surface area contributed by atoms with E-state index in [1.54, 1.807) is 6.08 Å². The average Bonchev–Trinajstić information content (AvgIpc) is 2.54. The molecule has 0 radical (unpaired) electrons. The van der Waals surface area contributed by atoms with Crippen molar-refractivity contribution >= 4 is 11.7 Å². The van der Waals surface area contributed by atoms with Crippen molar-refractivity contribution in [3.8, 4) is 0 Å². The van der Waals surface area contributed by atoms with Crippen LogP contribution in [0.25, 0.3) is 0 Å². The van der Waals surface area contributed by atoms with Crippen LogP contribution in [-0.2, 0) is 14.3 Å². The second kappa shape index (κ2) is 8.20. The van der Waals surface area contributed by atoms with E-state index in [1.165, 1.54) is 39.0 Å². The Balaban J connectivity index is 2.11. The number of ether oxygens (including phenoxy) is 1. The maximum Gasteiger partial charge on any atom is 0.226 e. The van der Waals surface area contributed by atoms with Crippen molar-refractivity contribution in [1.29, 1.82) is 0 Å². The Morgan fingerprint density at radius 2 is 1.81 bits per heavy atom. The van der Waals surface area contributed by atoms with Gasteiger partial charge in [-0.25, -0.2) is 0 Å². The molecule has 118 valence electrons. The summed E-state index contributed by atoms with van der Waals surface area (Å²) in [6, 6.07) is 0. The number of ketones is 1. The zero-order valence-corrected chi connectivity index (χ0v) is 13.1. The molecule has 1 amide bonds. The number of hydrogen-bond donors (Lipinski definition) is 0. The third-order valence-corrected chi connectivity index (χ3v) is 4.24. The molecule has 2 rings (SSSR count). The number of allylic oxidation sites excluding steroid dienone is 1. The van der Waals surface area contributed by atoms with Gasteiger partial charge in [-0.15, -0.1) is 0 Å². The molecule has 2 aliphatic rings. The van der Waals surface area contributed by atoms with Crippen molar-refractivity contribution in [1.82, 2.24) is 4.90 Å². The number of nitrogens with zero attached hydrogens (tertiary/aromatic N) is 1. The van der Waals surface area contributed by atoms with Crippen LogP contribution in [0.1, 0.15) is 64.7 Å². The first-order chi connectivity index (χ1) is 10.1. The molecule has 1 atom stereocenters. The quantitative estimate of drug-likeness (QED) is 0.697. The van der Waals surface area contributed by atoms with Gasteiger partial charge in [-0.2, -0.15) is 0 Å². The van der Waals surface area contributed by atoms with Gasteiger partial charge in [-0.1, -0.05) is 32.1 Å². The summed E-state index contributed by atoms with van der Waals surface area (Å²) in [5, 5.41) is 0. The monoisotopic (exact) mass is 293 g/mol. The molecule has 4 heteroatoms. The van der Waals surface area contributed by atoms with Gasteiger partial charge in [0.2, 0.25) is 5.91 Å². The summed E-state index contributed by atoms with van der Waals surface area (Å²) < 4.78 is 5.95. The molecule has 0 saturated carbocycles. The van der Waals surface area contributed by atoms with E-state index in [4.69, 9.17) is 4.74 Å². The normalized spacial score (nSPS) is 27.3. The molecule has 2 heterocycles. The van der Waals surface area contributed by atoms with Gasteiger partial charge in [0.1, 0.15) is 11.9 Å². The number of rotatable bonds is 1. The van der Waals surface area contributed by atoms with Gasteiger partial charge in [0.25, 0.3) is 0 Å². The molecule has 2 aliphatic heterocycles. The van der Waals surface area contributed by atoms with E-state index in [-0.39, 0.29) is 17.8 Å². The zero-order chi connectivity index (χ0) is 15.1. The van der Waals surface area contributed by atoms with E-state index in [9.17, 15) is 9.59 Å². The van der Waals surface area contributed by atoms with E-state index in [1.807, 2.05) is 4.90 Å². The SMILES string of the molecule is CC(=O)C=C1CN2CCCCCCCCCC(CC2=O)O1. The van der Waals surface area contributed by atoms with Crippen LogP contribution in [0, 0.1) is 0 Å². The lowest BCUT2D eigenvalue weighted by Gasteiger charge is -2.20. The van der Waals surface area contributed by atoms with Gasteiger partial charge in [-0.05, 0) is 26.2 Å². The molecule has 0 aromatic rings. The topological polar surface area (TPSA) is 46.6 Å². The van der Waals surface area contributed by atoms with E-state index in [0.29, 0.717) is 18.7 Å². The van der Waals surface area contributed by atoms with Gasteiger partial charge >= 0.3 is 0 Å². The van der Waals surface area contributed by atoms with Gasteiger partial charge in [0.05, 0.1) is 13.0 Å². The molecule has 0 aliphatic carbocycles. The first-order valence-electron chi connectivity index (χ1n) is 8.31. The molecule has 4 nitrogen and oxygen atoms in total. The van der Waals surface area contributed by atoms with Crippen LogP contribution in [-0.4, -0.2) is 35.8 Å². The Bertz CT molecular complexity index is 403. The highest BCUT2D eigenvalue weighted by molar-refractivity contribution is 5.88. The van der Waals surface area contributed by atoms with Crippen LogP contribution in [0.15, 0.2) is 11.8 Å². The lowest BCUT2D eigenvalue weighted by Crippen LogP contribution is -2.32. The maximum absolute atomic E-state index is 12.4. The Morgan fingerprint density at radius 3 is 2.52 bits per heavy atom. The fourth-order valence-electron chi connectivity index (χ4n) is 3.12. The van der Waals surface area contributed by atoms with E-state index < -0.39 is 0 Å². The number of amides is 1. The summed E-state index contributed by atoms with van der Waals surface area (Å²) >= 11 is 0. The second-order valence-electron chi connectivity index (χ2n) is 6.24. The van der Waals surface area contributed by atoms with Crippen molar-refractivity contribution in [3.63, 3.8) is 0 Å². The standard InChI is InChI=1S/C17H27NO3/c1-14(19)11-16-13-18-10-8-6-4-2-3-5-7-9-15(21-16)12-17(18)20/h11,15H,2-10,12-13H2,1H3. The highest BCUT2D eigenvalue weighted by Gasteiger charge is 2.26. The van der Waals surface area contributed by atoms with Crippen molar-refractivity contribution in [2.24, 2.45) is 0 Å². The second-order valence-corrected chi connectivity index (χ2v) is 6.24. The van der Waals surface area contributed by atoms with Crippen LogP contribution >= 0.6 is 0 Å². The Hall–Kier alpha value is -1.32. The van der Waals surface area contributed by atoms with E-state index in [2.05, 4.69) is 0 Å². The van der Waals surface area contributed by atoms with Crippen LogP contribution in [0.2, 0.25) is 0 Å². The lowest BCUT2D eigenvalue weighted by molar-refractivity contribution is -0.131. The molecule has 21 heavy (non-hydrogen) atoms. The third-order valence-electron chi connectivity index (χ3n) is 4.24. The highest BCUT2D eigenvalue weighted by Crippen LogP contribution is 2.22. The van der Waals surface area contributed by atoms with Crippen molar-refractivity contribution in [3.05, 3.63) is 11.8 Å². The fourth-order valence-corrected chi connectivity index (χ4v) is 3.12. The largest absolute Gasteiger partial charge is 0.492 e. The summed E-state index contributed by atoms with van der Waals surface area (Å²) in [6.07, 6.45) is 11.2. The minimum atomic E-state index is -0.0612. The molecule has 2 fully saturated rings. The van der Waals surface area contributed by atoms with E-state index >= 15 is 0 Å². The molecule has 2 saturated heterocycles. The number of hydrogen-bond acceptors (Lipinski definition) is 3. The molecule has 0 N–H and O–H groups in total. The minimum Gasteiger partial charge on any atom is -0.492 e. The Morgan fingerprint density at radius 1 is 1.14 bits per heavy atom. The minimum absolute atomic E-state index is 0.0147. The van der Waals surface area contributed by atoms with Gasteiger partial charge < -0.3 is 9.64 Å². The molecular weight excluding hydrogens is 266 g/mol. The Labute approximate surface area is 127 Å². The van der Waals surface area contributed by atoms with Gasteiger partial charge in [0, 0.05) is 12.6 Å². The van der Waals surface area contributed by atoms with Gasteiger partial charge in [0.15, 0.2) is 5.78 Å². The third kappa shape index (κ3) is 5.52. The summed E-state index contributed by atoms with van der Waals surface area (Å²) in [4.78, 5) is 25.6. The number of carbonyl (C=O) groups is 2. The van der Waals surface area contributed by atoms with Crippen LogP contribution < -0.4 is 0 Å². The first kappa shape index (κ1) is 16.1. The average molecular weight is 293 g/mol. The summed E-state index contributed by atoms with van der Waals surface area (Å²) in [5.74, 6) is 0.820. The predicted octanol–water partition coefficient (Wildman–Crippen LogP) is 3.21. The van der Waals surface area contributed by atoms with E-state index in [0.717, 1.165) is 25.8 Å². The highest BCUT2D eigenvalue weighted by atomic mass is 16.5. The number of fused-ring (bicyclic) bond motifs is 3. The fraction of sp³-hybridized carbons (Fsp3) is 0.765. The van der Waals surface area contributed by atoms with Crippen molar-refractivity contribution < 1.29 is 14.3 Å². The maximum atomic E-state index is 12.4. The van der Waals surface area contributed by atoms with Crippen LogP contribution in [0.3, 0.4) is 0 Å². The predicted molar refractivity (Wildman–Crippen MR) is 81.8 cm³/mol. The molecule has 2 bridgehead atoms. The molecule has 0 spiro atoms. The summed E-state index contributed by atoms with van der Waals surface area (Å²) in [7, 11) is 0. The summed E-state index contributed by atoms with van der Waals surface area (Å²) in [5.41, 5.74) is 0. The Kier molecular flexibility index (Phi) is 6.27. The summed E-state index contributed by atoms with van der Waals surface area (Å²) in [6.45, 7) is 2.76. The molecular formula is C17H27NO3. The van der Waals surface area contributed by atoms with Crippen molar-refractivity contribution in [2.45, 2.75) is 70.8 Å². The molecule has 0 aromatic heterocycles. The molecule has 1 unspecified atom stereocenters. The van der Waals surface area contributed by atoms with Gasteiger partial charge in [-0.3, -0.25) is 9.59 Å². The van der Waals surface area contributed by atoms with Crippen molar-refractivity contribution in [2.75, 3.05) is 13.1 Å².